The molecule has 0 spiro atoms. The quantitative estimate of drug-likeness (QED) is 0.574. The summed E-state index contributed by atoms with van der Waals surface area (Å²) in [6, 6.07) is 3.69. The molecule has 20 heavy (non-hydrogen) atoms. The van der Waals surface area contributed by atoms with Crippen LogP contribution in [-0.4, -0.2) is 34.1 Å². The Hall–Kier alpha value is -0.470. The van der Waals surface area contributed by atoms with Gasteiger partial charge in [-0.15, -0.1) is 4.83 Å². The topological polar surface area (TPSA) is 61.4 Å². The molecule has 0 saturated carbocycles. The molecule has 0 bridgehead atoms. The number of halogens is 1. The van der Waals surface area contributed by atoms with Crippen molar-refractivity contribution in [3.63, 3.8) is 0 Å². The van der Waals surface area contributed by atoms with Crippen LogP contribution in [0.4, 0.5) is 0 Å². The first-order chi connectivity index (χ1) is 9.27. The molecule has 114 valence electrons. The summed E-state index contributed by atoms with van der Waals surface area (Å²) in [7, 11) is -0.277. The van der Waals surface area contributed by atoms with Crippen molar-refractivity contribution in [2.75, 3.05) is 20.6 Å². The molecule has 5 nitrogen and oxygen atoms in total. The second kappa shape index (κ2) is 7.51. The van der Waals surface area contributed by atoms with Crippen molar-refractivity contribution in [1.29, 1.82) is 0 Å². The average molecular weight is 364 g/mol. The fourth-order valence-corrected chi connectivity index (χ4v) is 3.96. The Bertz CT molecular complexity index is 559. The van der Waals surface area contributed by atoms with E-state index in [1.54, 1.807) is 20.2 Å². The Morgan fingerprint density at radius 1 is 1.30 bits per heavy atom. The Balaban J connectivity index is 3.12. The molecule has 0 heterocycles. The Morgan fingerprint density at radius 3 is 2.50 bits per heavy atom. The maximum Gasteiger partial charge on any atom is 0.254 e. The van der Waals surface area contributed by atoms with E-state index in [4.69, 9.17) is 0 Å². The lowest BCUT2D eigenvalue weighted by Crippen LogP contribution is -2.36. The molecular formula is C13H22BrN3O2S. The van der Waals surface area contributed by atoms with Crippen LogP contribution in [0.1, 0.15) is 24.5 Å². The highest BCUT2D eigenvalue weighted by molar-refractivity contribution is 9.10. The highest BCUT2D eigenvalue weighted by atomic mass is 79.9. The molecule has 7 heteroatoms. The van der Waals surface area contributed by atoms with Gasteiger partial charge in [0.25, 0.3) is 10.0 Å². The Morgan fingerprint density at radius 2 is 1.95 bits per heavy atom. The molecule has 0 aliphatic carbocycles. The van der Waals surface area contributed by atoms with Gasteiger partial charge < -0.3 is 5.32 Å². The third-order valence-electron chi connectivity index (χ3n) is 2.63. The first-order valence-electron chi connectivity index (χ1n) is 6.47. The molecule has 0 fully saturated rings. The maximum atomic E-state index is 12.3. The molecule has 1 aromatic carbocycles. The fourth-order valence-electron chi connectivity index (χ4n) is 1.81. The molecule has 1 aromatic rings. The van der Waals surface area contributed by atoms with E-state index in [2.05, 4.69) is 33.0 Å². The lowest BCUT2D eigenvalue weighted by Gasteiger charge is -2.16. The molecule has 0 aromatic heterocycles. The van der Waals surface area contributed by atoms with Crippen LogP contribution in [0.3, 0.4) is 0 Å². The SMILES string of the molecule is CCCNCc1cc(C)c(Br)c(S(=O)(=O)NN(C)C)c1. The van der Waals surface area contributed by atoms with E-state index >= 15 is 0 Å². The first kappa shape index (κ1) is 17.6. The number of hydrazine groups is 1. The largest absolute Gasteiger partial charge is 0.313 e. The zero-order valence-electron chi connectivity index (χ0n) is 12.3. The van der Waals surface area contributed by atoms with Crippen LogP contribution < -0.4 is 10.1 Å². The number of aryl methyl sites for hydroxylation is 1. The van der Waals surface area contributed by atoms with Gasteiger partial charge >= 0.3 is 0 Å². The average Bonchev–Trinajstić information content (AvgIpc) is 2.31. The number of nitrogens with zero attached hydrogens (tertiary/aromatic N) is 1. The summed E-state index contributed by atoms with van der Waals surface area (Å²) in [5, 5.41) is 4.69. The summed E-state index contributed by atoms with van der Waals surface area (Å²) in [6.07, 6.45) is 1.04. The number of benzene rings is 1. The minimum Gasteiger partial charge on any atom is -0.313 e. The van der Waals surface area contributed by atoms with Crippen LogP contribution in [0.15, 0.2) is 21.5 Å². The number of nitrogens with one attached hydrogen (secondary N) is 2. The van der Waals surface area contributed by atoms with Gasteiger partial charge in [-0.1, -0.05) is 13.0 Å². The minimum atomic E-state index is -3.56. The van der Waals surface area contributed by atoms with E-state index in [0.29, 0.717) is 11.0 Å². The summed E-state index contributed by atoms with van der Waals surface area (Å²) in [4.78, 5) is 2.72. The smallest absolute Gasteiger partial charge is 0.254 e. The monoisotopic (exact) mass is 363 g/mol. The van der Waals surface area contributed by atoms with Crippen molar-refractivity contribution in [3.8, 4) is 0 Å². The maximum absolute atomic E-state index is 12.3. The first-order valence-corrected chi connectivity index (χ1v) is 8.75. The van der Waals surface area contributed by atoms with Crippen molar-refractivity contribution < 1.29 is 8.42 Å². The van der Waals surface area contributed by atoms with Crippen molar-refractivity contribution in [1.82, 2.24) is 15.2 Å². The van der Waals surface area contributed by atoms with Gasteiger partial charge in [0.05, 0.1) is 4.90 Å². The van der Waals surface area contributed by atoms with Crippen molar-refractivity contribution in [3.05, 3.63) is 27.7 Å². The van der Waals surface area contributed by atoms with Gasteiger partial charge in [0.1, 0.15) is 0 Å². The summed E-state index contributed by atoms with van der Waals surface area (Å²) in [5.41, 5.74) is 1.86. The van der Waals surface area contributed by atoms with Gasteiger partial charge in [-0.25, -0.2) is 13.4 Å². The molecule has 1 rings (SSSR count). The van der Waals surface area contributed by atoms with Crippen LogP contribution in [0.25, 0.3) is 0 Å². The molecule has 0 radical (unpaired) electrons. The summed E-state index contributed by atoms with van der Waals surface area (Å²) in [6.45, 7) is 5.55. The van der Waals surface area contributed by atoms with Crippen molar-refractivity contribution >= 4 is 26.0 Å². The van der Waals surface area contributed by atoms with Crippen molar-refractivity contribution in [2.24, 2.45) is 0 Å². The molecule has 0 atom stereocenters. The molecular weight excluding hydrogens is 342 g/mol. The zero-order chi connectivity index (χ0) is 15.3. The second-order valence-corrected chi connectivity index (χ2v) is 7.31. The molecule has 0 aliphatic rings. The third-order valence-corrected chi connectivity index (χ3v) is 5.45. The standard InChI is InChI=1S/C13H22BrN3O2S/c1-5-6-15-9-11-7-10(2)13(14)12(8-11)20(18,19)16-17(3)4/h7-8,15-16H,5-6,9H2,1-4H3. The summed E-state index contributed by atoms with van der Waals surface area (Å²) >= 11 is 3.36. The fraction of sp³-hybridized carbons (Fsp3) is 0.538. The molecule has 0 unspecified atom stereocenters. The Kier molecular flexibility index (Phi) is 6.60. The predicted molar refractivity (Wildman–Crippen MR) is 84.9 cm³/mol. The highest BCUT2D eigenvalue weighted by Gasteiger charge is 2.20. The number of hydrogen-bond acceptors (Lipinski definition) is 4. The lowest BCUT2D eigenvalue weighted by atomic mass is 10.1. The second-order valence-electron chi connectivity index (χ2n) is 4.89. The van der Waals surface area contributed by atoms with Gasteiger partial charge in [-0.05, 0) is 53.0 Å². The molecule has 0 amide bonds. The normalized spacial score (nSPS) is 12.1. The van der Waals surface area contributed by atoms with E-state index < -0.39 is 10.0 Å². The number of hydrogen-bond donors (Lipinski definition) is 2. The molecule has 0 aliphatic heterocycles. The van der Waals surface area contributed by atoms with Gasteiger partial charge in [-0.3, -0.25) is 0 Å². The third kappa shape index (κ3) is 4.82. The van der Waals surface area contributed by atoms with Gasteiger partial charge in [0.15, 0.2) is 0 Å². The summed E-state index contributed by atoms with van der Waals surface area (Å²) in [5.74, 6) is 0. The summed E-state index contributed by atoms with van der Waals surface area (Å²) < 4.78 is 25.2. The molecule has 2 N–H and O–H groups in total. The zero-order valence-corrected chi connectivity index (χ0v) is 14.7. The Labute approximate surface area is 129 Å². The van der Waals surface area contributed by atoms with E-state index in [9.17, 15) is 8.42 Å². The van der Waals surface area contributed by atoms with E-state index in [0.717, 1.165) is 24.1 Å². The van der Waals surface area contributed by atoms with E-state index in [1.165, 1.54) is 5.01 Å². The van der Waals surface area contributed by atoms with E-state index in [-0.39, 0.29) is 4.90 Å². The highest BCUT2D eigenvalue weighted by Crippen LogP contribution is 2.27. The number of rotatable bonds is 7. The van der Waals surface area contributed by atoms with Gasteiger partial charge in [-0.2, -0.15) is 0 Å². The van der Waals surface area contributed by atoms with Crippen LogP contribution in [0.2, 0.25) is 0 Å². The van der Waals surface area contributed by atoms with Crippen LogP contribution in [0, 0.1) is 6.92 Å². The van der Waals surface area contributed by atoms with Gasteiger partial charge in [0, 0.05) is 25.1 Å². The number of sulfonamides is 1. The van der Waals surface area contributed by atoms with Gasteiger partial charge in [0.2, 0.25) is 0 Å². The van der Waals surface area contributed by atoms with E-state index in [1.807, 2.05) is 13.0 Å². The predicted octanol–water partition coefficient (Wildman–Crippen LogP) is 2.01. The minimum absolute atomic E-state index is 0.263. The lowest BCUT2D eigenvalue weighted by molar-refractivity contribution is 0.364. The van der Waals surface area contributed by atoms with Crippen LogP contribution >= 0.6 is 15.9 Å². The molecule has 0 saturated heterocycles. The van der Waals surface area contributed by atoms with Crippen molar-refractivity contribution in [2.45, 2.75) is 31.7 Å². The van der Waals surface area contributed by atoms with Crippen LogP contribution in [-0.2, 0) is 16.6 Å². The van der Waals surface area contributed by atoms with Crippen LogP contribution in [0.5, 0.6) is 0 Å².